The summed E-state index contributed by atoms with van der Waals surface area (Å²) in [5.41, 5.74) is 0.870. The molecule has 138 valence electrons. The zero-order chi connectivity index (χ0) is 18.5. The van der Waals surface area contributed by atoms with Crippen molar-refractivity contribution < 1.29 is 23.0 Å². The molecule has 1 saturated heterocycles. The van der Waals surface area contributed by atoms with Gasteiger partial charge < -0.3 is 14.8 Å². The lowest BCUT2D eigenvalue weighted by atomic mass is 10.1. The molecule has 1 amide bonds. The molecule has 0 spiro atoms. The van der Waals surface area contributed by atoms with Crippen molar-refractivity contribution in [2.45, 2.75) is 31.9 Å². The Balaban J connectivity index is 1.67. The van der Waals surface area contributed by atoms with Gasteiger partial charge in [-0.1, -0.05) is 18.2 Å². The molecule has 4 nitrogen and oxygen atoms in total. The summed E-state index contributed by atoms with van der Waals surface area (Å²) >= 11 is 0. The van der Waals surface area contributed by atoms with Crippen molar-refractivity contribution in [3.05, 3.63) is 65.2 Å². The quantitative estimate of drug-likeness (QED) is 0.846. The zero-order valence-electron chi connectivity index (χ0n) is 14.5. The van der Waals surface area contributed by atoms with E-state index in [-0.39, 0.29) is 12.0 Å². The van der Waals surface area contributed by atoms with Crippen LogP contribution < -0.4 is 10.1 Å². The molecule has 2 atom stereocenters. The van der Waals surface area contributed by atoms with Gasteiger partial charge in [0.25, 0.3) is 5.91 Å². The average Bonchev–Trinajstić information content (AvgIpc) is 3.16. The van der Waals surface area contributed by atoms with Crippen LogP contribution in [0.3, 0.4) is 0 Å². The fourth-order valence-electron chi connectivity index (χ4n) is 2.88. The first kappa shape index (κ1) is 18.3. The number of benzene rings is 2. The Morgan fingerprint density at radius 3 is 2.81 bits per heavy atom. The van der Waals surface area contributed by atoms with E-state index in [0.717, 1.165) is 31.6 Å². The second kappa shape index (κ2) is 8.27. The highest BCUT2D eigenvalue weighted by Crippen LogP contribution is 2.22. The normalized spacial score (nSPS) is 17.7. The number of carbonyl (C=O) groups is 1. The van der Waals surface area contributed by atoms with Gasteiger partial charge in [0.15, 0.2) is 11.6 Å². The van der Waals surface area contributed by atoms with Gasteiger partial charge in [0.1, 0.15) is 12.4 Å². The van der Waals surface area contributed by atoms with E-state index < -0.39 is 17.7 Å². The van der Waals surface area contributed by atoms with Crippen molar-refractivity contribution in [3.63, 3.8) is 0 Å². The molecule has 2 unspecified atom stereocenters. The van der Waals surface area contributed by atoms with Crippen molar-refractivity contribution in [2.24, 2.45) is 0 Å². The van der Waals surface area contributed by atoms with Crippen molar-refractivity contribution in [3.8, 4) is 5.75 Å². The maximum atomic E-state index is 13.4. The zero-order valence-corrected chi connectivity index (χ0v) is 14.5. The van der Waals surface area contributed by atoms with Gasteiger partial charge in [0.2, 0.25) is 0 Å². The van der Waals surface area contributed by atoms with Crippen LogP contribution in [-0.2, 0) is 4.74 Å². The van der Waals surface area contributed by atoms with Gasteiger partial charge in [-0.05, 0) is 49.6 Å². The third-order valence-corrected chi connectivity index (χ3v) is 4.37. The summed E-state index contributed by atoms with van der Waals surface area (Å²) in [7, 11) is 0. The van der Waals surface area contributed by atoms with E-state index >= 15 is 0 Å². The number of hydrogen-bond donors (Lipinski definition) is 1. The summed E-state index contributed by atoms with van der Waals surface area (Å²) in [6, 6.07) is 10.0. The first-order valence-electron chi connectivity index (χ1n) is 8.64. The Kier molecular flexibility index (Phi) is 5.83. The topological polar surface area (TPSA) is 47.6 Å². The predicted molar refractivity (Wildman–Crippen MR) is 93.2 cm³/mol. The molecule has 0 radical (unpaired) electrons. The molecule has 2 aromatic rings. The lowest BCUT2D eigenvalue weighted by molar-refractivity contribution is 0.0670. The van der Waals surface area contributed by atoms with E-state index in [9.17, 15) is 13.6 Å². The number of ether oxygens (including phenoxy) is 2. The second-order valence-electron chi connectivity index (χ2n) is 6.31. The van der Waals surface area contributed by atoms with Crippen molar-refractivity contribution >= 4 is 5.91 Å². The third-order valence-electron chi connectivity index (χ3n) is 4.37. The van der Waals surface area contributed by atoms with Gasteiger partial charge >= 0.3 is 0 Å². The summed E-state index contributed by atoms with van der Waals surface area (Å²) in [5.74, 6) is -1.73. The fourth-order valence-corrected chi connectivity index (χ4v) is 2.88. The van der Waals surface area contributed by atoms with Crippen LogP contribution in [0, 0.1) is 11.6 Å². The minimum absolute atomic E-state index is 0.0484. The maximum Gasteiger partial charge on any atom is 0.255 e. The molecule has 0 saturated carbocycles. The molecule has 1 aliphatic heterocycles. The fraction of sp³-hybridized carbons (Fsp3) is 0.350. The highest BCUT2D eigenvalue weighted by atomic mass is 19.2. The molecule has 1 fully saturated rings. The molecule has 0 aromatic heterocycles. The summed E-state index contributed by atoms with van der Waals surface area (Å²) in [6.07, 6.45) is 2.01. The number of hydrogen-bond acceptors (Lipinski definition) is 3. The first-order chi connectivity index (χ1) is 12.5. The third kappa shape index (κ3) is 4.38. The monoisotopic (exact) mass is 361 g/mol. The van der Waals surface area contributed by atoms with Crippen LogP contribution >= 0.6 is 0 Å². The molecule has 1 aliphatic rings. The predicted octanol–water partition coefficient (Wildman–Crippen LogP) is 4.01. The number of para-hydroxylation sites is 1. The molecule has 0 bridgehead atoms. The molecule has 26 heavy (non-hydrogen) atoms. The number of halogens is 2. The molecular formula is C20H21F2NO3. The number of nitrogens with one attached hydrogen (secondary N) is 1. The van der Waals surface area contributed by atoms with Crippen molar-refractivity contribution in [2.75, 3.05) is 13.2 Å². The van der Waals surface area contributed by atoms with Crippen LogP contribution in [0.4, 0.5) is 8.78 Å². The van der Waals surface area contributed by atoms with E-state index in [4.69, 9.17) is 9.47 Å². The maximum absolute atomic E-state index is 13.4. The molecule has 6 heteroatoms. The largest absolute Gasteiger partial charge is 0.490 e. The van der Waals surface area contributed by atoms with Crippen LogP contribution in [0.2, 0.25) is 0 Å². The summed E-state index contributed by atoms with van der Waals surface area (Å²) in [6.45, 7) is 2.84. The van der Waals surface area contributed by atoms with E-state index in [1.807, 2.05) is 0 Å². The van der Waals surface area contributed by atoms with Crippen LogP contribution in [0.25, 0.3) is 0 Å². The van der Waals surface area contributed by atoms with Gasteiger partial charge in [-0.15, -0.1) is 0 Å². The Morgan fingerprint density at radius 2 is 2.08 bits per heavy atom. The Morgan fingerprint density at radius 1 is 1.27 bits per heavy atom. The van der Waals surface area contributed by atoms with E-state index in [1.165, 1.54) is 6.07 Å². The standard InChI is InChI=1S/C20H21F2NO3/c1-13(14-8-9-17(21)18(22)11-14)23-20(24)16-6-2-3-7-19(16)26-12-15-5-4-10-25-15/h2-3,6-9,11,13,15H,4-5,10,12H2,1H3,(H,23,24). The van der Waals surface area contributed by atoms with E-state index in [1.54, 1.807) is 31.2 Å². The highest BCUT2D eigenvalue weighted by Gasteiger charge is 2.19. The van der Waals surface area contributed by atoms with Crippen LogP contribution in [-0.4, -0.2) is 25.2 Å². The van der Waals surface area contributed by atoms with Gasteiger partial charge in [0, 0.05) is 6.61 Å². The van der Waals surface area contributed by atoms with Crippen LogP contribution in [0.1, 0.15) is 41.7 Å². The molecule has 1 N–H and O–H groups in total. The van der Waals surface area contributed by atoms with Crippen molar-refractivity contribution in [1.82, 2.24) is 5.32 Å². The van der Waals surface area contributed by atoms with Crippen LogP contribution in [0.5, 0.6) is 5.75 Å². The van der Waals surface area contributed by atoms with E-state index in [2.05, 4.69) is 5.32 Å². The summed E-state index contributed by atoms with van der Waals surface area (Å²) < 4.78 is 37.8. The summed E-state index contributed by atoms with van der Waals surface area (Å²) in [5, 5.41) is 2.79. The minimum Gasteiger partial charge on any atom is -0.490 e. The van der Waals surface area contributed by atoms with Gasteiger partial charge in [-0.25, -0.2) is 8.78 Å². The summed E-state index contributed by atoms with van der Waals surface area (Å²) in [4.78, 5) is 12.6. The van der Waals surface area contributed by atoms with Gasteiger partial charge in [-0.3, -0.25) is 4.79 Å². The molecule has 1 heterocycles. The highest BCUT2D eigenvalue weighted by molar-refractivity contribution is 5.97. The molecule has 3 rings (SSSR count). The molecular weight excluding hydrogens is 340 g/mol. The number of amides is 1. The van der Waals surface area contributed by atoms with E-state index in [0.29, 0.717) is 23.5 Å². The van der Waals surface area contributed by atoms with Gasteiger partial charge in [0.05, 0.1) is 17.7 Å². The minimum atomic E-state index is -0.941. The van der Waals surface area contributed by atoms with Gasteiger partial charge in [-0.2, -0.15) is 0 Å². The van der Waals surface area contributed by atoms with Crippen molar-refractivity contribution in [1.29, 1.82) is 0 Å². The Bertz CT molecular complexity index is 775. The Hall–Kier alpha value is -2.47. The average molecular weight is 361 g/mol. The number of carbonyl (C=O) groups excluding carboxylic acids is 1. The second-order valence-corrected chi connectivity index (χ2v) is 6.31. The lowest BCUT2D eigenvalue weighted by Gasteiger charge is -2.17. The number of rotatable bonds is 6. The molecule has 2 aromatic carbocycles. The Labute approximate surface area is 151 Å². The first-order valence-corrected chi connectivity index (χ1v) is 8.64. The lowest BCUT2D eigenvalue weighted by Crippen LogP contribution is -2.27. The smallest absolute Gasteiger partial charge is 0.255 e. The molecule has 0 aliphatic carbocycles. The SMILES string of the molecule is CC(NC(=O)c1ccccc1OCC1CCCO1)c1ccc(F)c(F)c1. The van der Waals surface area contributed by atoms with Crippen LogP contribution in [0.15, 0.2) is 42.5 Å².